The van der Waals surface area contributed by atoms with Crippen molar-refractivity contribution in [2.75, 3.05) is 18.5 Å². The molecule has 1 aliphatic rings. The highest BCUT2D eigenvalue weighted by molar-refractivity contribution is 7.17. The van der Waals surface area contributed by atoms with Crippen LogP contribution in [0.4, 0.5) is 5.69 Å². The van der Waals surface area contributed by atoms with Crippen LogP contribution in [0.3, 0.4) is 0 Å². The Morgan fingerprint density at radius 3 is 2.59 bits per heavy atom. The van der Waals surface area contributed by atoms with E-state index in [1.165, 1.54) is 22.2 Å². The van der Waals surface area contributed by atoms with E-state index in [9.17, 15) is 9.59 Å². The molecule has 0 bridgehead atoms. The lowest BCUT2D eigenvalue weighted by Crippen LogP contribution is -2.28. The van der Waals surface area contributed by atoms with Gasteiger partial charge in [0, 0.05) is 28.1 Å². The molecule has 0 saturated heterocycles. The maximum atomic E-state index is 13.2. The van der Waals surface area contributed by atoms with E-state index in [-0.39, 0.29) is 12.1 Å². The number of ether oxygens (including phenoxy) is 2. The maximum Gasteiger partial charge on any atom is 0.263 e. The molecule has 5 rings (SSSR count). The lowest BCUT2D eigenvalue weighted by molar-refractivity contribution is -0.116. The topological polar surface area (TPSA) is 82.5 Å². The quantitative estimate of drug-likeness (QED) is 0.445. The minimum atomic E-state index is -0.421. The Bertz CT molecular complexity index is 1400. The predicted molar refractivity (Wildman–Crippen MR) is 125 cm³/mol. The summed E-state index contributed by atoms with van der Waals surface area (Å²) in [6, 6.07) is 10.4. The molecule has 0 saturated carbocycles. The number of fused-ring (bicyclic) bond motifs is 2. The molecule has 10 heteroatoms. The number of benzene rings is 2. The Morgan fingerprint density at radius 1 is 1.12 bits per heavy atom. The Morgan fingerprint density at radius 2 is 1.84 bits per heavy atom. The van der Waals surface area contributed by atoms with Gasteiger partial charge in [-0.3, -0.25) is 14.2 Å². The fourth-order valence-electron chi connectivity index (χ4n) is 3.43. The fourth-order valence-corrected chi connectivity index (χ4v) is 4.66. The first kappa shape index (κ1) is 20.8. The van der Waals surface area contributed by atoms with Gasteiger partial charge in [0.2, 0.25) is 5.91 Å². The van der Waals surface area contributed by atoms with E-state index in [1.54, 1.807) is 24.3 Å². The molecule has 3 heterocycles. The third kappa shape index (κ3) is 3.92. The number of rotatable bonds is 4. The number of hydrogen-bond acceptors (Lipinski definition) is 6. The van der Waals surface area contributed by atoms with Gasteiger partial charge in [0.05, 0.1) is 22.4 Å². The number of nitrogens with one attached hydrogen (secondary N) is 1. The van der Waals surface area contributed by atoms with E-state index in [0.717, 1.165) is 11.1 Å². The summed E-state index contributed by atoms with van der Waals surface area (Å²) in [6.07, 6.45) is 1.37. The van der Waals surface area contributed by atoms with Crippen LogP contribution in [0.25, 0.3) is 21.3 Å². The maximum absolute atomic E-state index is 13.2. The number of carbonyl (C=O) groups is 1. The third-order valence-electron chi connectivity index (χ3n) is 4.94. The Labute approximate surface area is 196 Å². The lowest BCUT2D eigenvalue weighted by Gasteiger charge is -2.20. The van der Waals surface area contributed by atoms with E-state index in [1.807, 2.05) is 17.5 Å². The summed E-state index contributed by atoms with van der Waals surface area (Å²) < 4.78 is 12.3. The van der Waals surface area contributed by atoms with Crippen molar-refractivity contribution < 1.29 is 14.3 Å². The highest BCUT2D eigenvalue weighted by Crippen LogP contribution is 2.38. The summed E-state index contributed by atoms with van der Waals surface area (Å²) in [4.78, 5) is 30.8. The average Bonchev–Trinajstić information content (AvgIpc) is 3.22. The van der Waals surface area contributed by atoms with Crippen LogP contribution >= 0.6 is 34.5 Å². The second-order valence-electron chi connectivity index (χ2n) is 7.04. The van der Waals surface area contributed by atoms with Gasteiger partial charge in [-0.2, -0.15) is 0 Å². The third-order valence-corrected chi connectivity index (χ3v) is 6.39. The van der Waals surface area contributed by atoms with Crippen LogP contribution in [0.5, 0.6) is 11.5 Å². The Balaban J connectivity index is 1.42. The van der Waals surface area contributed by atoms with E-state index in [4.69, 9.17) is 32.7 Å². The van der Waals surface area contributed by atoms with Gasteiger partial charge in [0.1, 0.15) is 24.6 Å². The van der Waals surface area contributed by atoms with Crippen molar-refractivity contribution in [1.29, 1.82) is 0 Å². The molecule has 2 aromatic carbocycles. The minimum Gasteiger partial charge on any atom is -0.486 e. The summed E-state index contributed by atoms with van der Waals surface area (Å²) in [5, 5.41) is 5.99. The molecular weight excluding hydrogens is 473 g/mol. The van der Waals surface area contributed by atoms with Crippen LogP contribution in [0.2, 0.25) is 10.0 Å². The van der Waals surface area contributed by atoms with Crippen molar-refractivity contribution in [3.63, 3.8) is 0 Å². The normalized spacial score (nSPS) is 12.7. The number of anilines is 1. The summed E-state index contributed by atoms with van der Waals surface area (Å²) in [5.74, 6) is 0.606. The molecule has 32 heavy (non-hydrogen) atoms. The number of thiophene rings is 1. The highest BCUT2D eigenvalue weighted by atomic mass is 35.5. The first-order valence-electron chi connectivity index (χ1n) is 9.61. The molecule has 162 valence electrons. The van der Waals surface area contributed by atoms with Gasteiger partial charge in [-0.05, 0) is 17.7 Å². The van der Waals surface area contributed by atoms with Crippen LogP contribution in [-0.2, 0) is 11.3 Å². The van der Waals surface area contributed by atoms with Crippen molar-refractivity contribution in [2.24, 2.45) is 0 Å². The number of aromatic nitrogens is 2. The van der Waals surface area contributed by atoms with Crippen molar-refractivity contribution in [1.82, 2.24) is 9.55 Å². The SMILES string of the molecule is O=C(Cn1cnc2scc(-c3ccc(Cl)cc3)c2c1=O)Nc1cc2c(cc1Cl)OCCO2. The van der Waals surface area contributed by atoms with E-state index in [2.05, 4.69) is 10.3 Å². The fraction of sp³-hybridized carbons (Fsp3) is 0.136. The molecule has 0 radical (unpaired) electrons. The average molecular weight is 488 g/mol. The van der Waals surface area contributed by atoms with Crippen molar-refractivity contribution in [3.8, 4) is 22.6 Å². The summed E-state index contributed by atoms with van der Waals surface area (Å²) in [6.45, 7) is 0.635. The highest BCUT2D eigenvalue weighted by Gasteiger charge is 2.18. The molecule has 1 aliphatic heterocycles. The first-order chi connectivity index (χ1) is 15.5. The van der Waals surface area contributed by atoms with E-state index in [0.29, 0.717) is 50.7 Å². The van der Waals surface area contributed by atoms with Crippen LogP contribution in [0.1, 0.15) is 0 Å². The van der Waals surface area contributed by atoms with Gasteiger partial charge in [-0.25, -0.2) is 4.98 Å². The largest absolute Gasteiger partial charge is 0.486 e. The molecule has 4 aromatic rings. The second kappa shape index (κ2) is 8.46. The van der Waals surface area contributed by atoms with Gasteiger partial charge in [-0.15, -0.1) is 11.3 Å². The van der Waals surface area contributed by atoms with Gasteiger partial charge in [0.15, 0.2) is 11.5 Å². The van der Waals surface area contributed by atoms with Crippen molar-refractivity contribution >= 4 is 56.3 Å². The van der Waals surface area contributed by atoms with Crippen LogP contribution in [-0.4, -0.2) is 28.7 Å². The monoisotopic (exact) mass is 487 g/mol. The second-order valence-corrected chi connectivity index (χ2v) is 8.74. The molecule has 1 N–H and O–H groups in total. The molecule has 2 aromatic heterocycles. The zero-order chi connectivity index (χ0) is 22.2. The van der Waals surface area contributed by atoms with Crippen LogP contribution in [0.15, 0.2) is 52.9 Å². The predicted octanol–water partition coefficient (Wildman–Crippen LogP) is 4.84. The first-order valence-corrected chi connectivity index (χ1v) is 11.2. The molecular formula is C22H15Cl2N3O4S. The van der Waals surface area contributed by atoms with E-state index < -0.39 is 5.91 Å². The molecule has 0 spiro atoms. The smallest absolute Gasteiger partial charge is 0.263 e. The number of amides is 1. The standard InChI is InChI=1S/C22H15Cl2N3O4S/c23-13-3-1-12(2-4-13)14-10-32-21-20(14)22(29)27(11-25-21)9-19(28)26-16-8-18-17(7-15(16)24)30-5-6-31-18/h1-4,7-8,10-11H,5-6,9H2,(H,26,28). The van der Waals surface area contributed by atoms with Crippen LogP contribution in [0, 0.1) is 0 Å². The van der Waals surface area contributed by atoms with Gasteiger partial charge in [-0.1, -0.05) is 35.3 Å². The van der Waals surface area contributed by atoms with Crippen molar-refractivity contribution in [3.05, 3.63) is 68.5 Å². The summed E-state index contributed by atoms with van der Waals surface area (Å²) in [5.41, 5.74) is 1.68. The van der Waals surface area contributed by atoms with Gasteiger partial charge >= 0.3 is 0 Å². The summed E-state index contributed by atoms with van der Waals surface area (Å²) >= 11 is 13.6. The van der Waals surface area contributed by atoms with E-state index >= 15 is 0 Å². The Kier molecular flexibility index (Phi) is 5.50. The Hall–Kier alpha value is -3.07. The van der Waals surface area contributed by atoms with Crippen LogP contribution < -0.4 is 20.3 Å². The molecule has 0 fully saturated rings. The zero-order valence-corrected chi connectivity index (χ0v) is 18.8. The number of halogens is 2. The number of carbonyl (C=O) groups excluding carboxylic acids is 1. The molecule has 7 nitrogen and oxygen atoms in total. The number of hydrogen-bond donors (Lipinski definition) is 1. The zero-order valence-electron chi connectivity index (χ0n) is 16.4. The molecule has 0 aliphatic carbocycles. The van der Waals surface area contributed by atoms with Gasteiger partial charge < -0.3 is 14.8 Å². The van der Waals surface area contributed by atoms with Gasteiger partial charge in [0.25, 0.3) is 5.56 Å². The minimum absolute atomic E-state index is 0.220. The summed E-state index contributed by atoms with van der Waals surface area (Å²) in [7, 11) is 0. The molecule has 0 atom stereocenters. The molecule has 0 unspecified atom stereocenters. The number of nitrogens with zero attached hydrogens (tertiary/aromatic N) is 2. The molecule has 1 amide bonds. The van der Waals surface area contributed by atoms with Crippen molar-refractivity contribution in [2.45, 2.75) is 6.54 Å². The lowest BCUT2D eigenvalue weighted by atomic mass is 10.1.